The molecule has 31 heavy (non-hydrogen) atoms. The molecule has 2 aromatic carbocycles. The molecule has 4 rings (SSSR count). The molecule has 0 aromatic heterocycles. The minimum atomic E-state index is -1.89. The Hall–Kier alpha value is -1.23. The van der Waals surface area contributed by atoms with Crippen LogP contribution in [-0.2, 0) is 26.2 Å². The van der Waals surface area contributed by atoms with Crippen molar-refractivity contribution in [2.45, 2.75) is 32.4 Å². The second-order valence-corrected chi connectivity index (χ2v) is 10.6. The predicted octanol–water partition coefficient (Wildman–Crippen LogP) is -0.187. The number of halogens is 2. The summed E-state index contributed by atoms with van der Waals surface area (Å²) in [6, 6.07) is 17.7. The Kier molecular flexibility index (Phi) is 9.50. The molecule has 2 aliphatic carbocycles. The maximum Gasteiger partial charge on any atom is 4.00 e. The fourth-order valence-electron chi connectivity index (χ4n) is 4.15. The zero-order valence-corrected chi connectivity index (χ0v) is 22.4. The molecule has 2 aromatic rings. The smallest absolute Gasteiger partial charge is 1.00 e. The molecule has 2 aliphatic rings. The van der Waals surface area contributed by atoms with Crippen LogP contribution >= 0.6 is 0 Å². The number of nitrogens with zero attached hydrogens (tertiary/aromatic N) is 1. The van der Waals surface area contributed by atoms with Crippen LogP contribution in [-0.4, -0.2) is 26.0 Å². The Balaban J connectivity index is 0.00000160. The molecule has 0 spiro atoms. The summed E-state index contributed by atoms with van der Waals surface area (Å²) >= 11 is 0. The van der Waals surface area contributed by atoms with Crippen LogP contribution in [0, 0.1) is 5.92 Å². The van der Waals surface area contributed by atoms with E-state index in [1.807, 2.05) is 11.6 Å². The minimum absolute atomic E-state index is 0. The molecule has 0 aliphatic heterocycles. The molecular formula is C25H27Cl2NOSiTi+2. The van der Waals surface area contributed by atoms with E-state index < -0.39 is 8.84 Å². The molecule has 0 saturated carbocycles. The summed E-state index contributed by atoms with van der Waals surface area (Å²) in [5, 5.41) is 0. The van der Waals surface area contributed by atoms with Gasteiger partial charge in [0, 0.05) is 24.5 Å². The summed E-state index contributed by atoms with van der Waals surface area (Å²) in [5.74, 6) is 0.159. The Morgan fingerprint density at radius 2 is 1.42 bits per heavy atom. The Labute approximate surface area is 215 Å². The van der Waals surface area contributed by atoms with Crippen molar-refractivity contribution in [3.63, 3.8) is 0 Å². The van der Waals surface area contributed by atoms with Gasteiger partial charge in [-0.25, -0.2) is 0 Å². The van der Waals surface area contributed by atoms with Crippen LogP contribution in [0.25, 0.3) is 16.7 Å². The van der Waals surface area contributed by atoms with Crippen molar-refractivity contribution in [1.82, 2.24) is 4.57 Å². The fourth-order valence-corrected chi connectivity index (χ4v) is 5.89. The first kappa shape index (κ1) is 27.8. The minimum Gasteiger partial charge on any atom is -1.00 e. The number of hydrogen-bond donors (Lipinski definition) is 0. The Morgan fingerprint density at radius 1 is 0.935 bits per heavy atom. The maximum atomic E-state index is 13.2. The van der Waals surface area contributed by atoms with E-state index in [1.165, 1.54) is 33.4 Å². The molecule has 0 saturated heterocycles. The van der Waals surface area contributed by atoms with Gasteiger partial charge in [0.05, 0.1) is 0 Å². The van der Waals surface area contributed by atoms with Crippen LogP contribution in [0.4, 0.5) is 0 Å². The number of fused-ring (bicyclic) bond motifs is 4. The molecule has 0 bridgehead atoms. The van der Waals surface area contributed by atoms with E-state index in [0.29, 0.717) is 6.04 Å². The SMILES string of the molecule is C=C1c2ccccc2C2=C(c3ccccc31)C(C[Si](=O)N(C)C(C)(C)C)C=C2.[Cl-].[Cl-].[Ti+4]. The van der Waals surface area contributed by atoms with Crippen molar-refractivity contribution in [1.29, 1.82) is 0 Å². The molecule has 0 radical (unpaired) electrons. The largest absolute Gasteiger partial charge is 4.00 e. The fraction of sp³-hybridized carbons (Fsp3) is 0.280. The zero-order valence-electron chi connectivity index (χ0n) is 18.4. The number of hydrogen-bond acceptors (Lipinski definition) is 1. The number of allylic oxidation sites excluding steroid dienone is 4. The third-order valence-corrected chi connectivity index (χ3v) is 8.22. The molecule has 6 heteroatoms. The van der Waals surface area contributed by atoms with Crippen LogP contribution in [0.15, 0.2) is 67.3 Å². The van der Waals surface area contributed by atoms with E-state index in [-0.39, 0.29) is 58.0 Å². The normalized spacial score (nSPS) is 16.0. The van der Waals surface area contributed by atoms with E-state index >= 15 is 0 Å². The van der Waals surface area contributed by atoms with Gasteiger partial charge in [-0.2, -0.15) is 0 Å². The van der Waals surface area contributed by atoms with Crippen molar-refractivity contribution in [2.75, 3.05) is 7.05 Å². The third-order valence-electron chi connectivity index (χ3n) is 6.02. The van der Waals surface area contributed by atoms with Gasteiger partial charge in [0.2, 0.25) is 0 Å². The predicted molar refractivity (Wildman–Crippen MR) is 119 cm³/mol. The summed E-state index contributed by atoms with van der Waals surface area (Å²) in [5.41, 5.74) is 8.32. The van der Waals surface area contributed by atoms with Crippen molar-refractivity contribution in [3.8, 4) is 0 Å². The van der Waals surface area contributed by atoms with Gasteiger partial charge in [0.25, 0.3) is 0 Å². The van der Waals surface area contributed by atoms with Crippen LogP contribution in [0.2, 0.25) is 6.04 Å². The van der Waals surface area contributed by atoms with Gasteiger partial charge in [-0.1, -0.05) is 67.3 Å². The van der Waals surface area contributed by atoms with Crippen LogP contribution in [0.5, 0.6) is 0 Å². The molecule has 2 nitrogen and oxygen atoms in total. The standard InChI is InChI=1S/C25H27NOSi.2ClH.Ti/c1-17-19-10-6-8-12-21(19)23-15-14-18(16-28(27)26(5)25(2,3)4)24(23)22-13-9-7-11-20(17)22;;;/h6-15,18H,1,16H2,2-5H3;2*1H;/q;;;+4/p-2. The van der Waals surface area contributed by atoms with E-state index in [2.05, 4.69) is 88.0 Å². The summed E-state index contributed by atoms with van der Waals surface area (Å²) in [6.45, 7) is 10.8. The van der Waals surface area contributed by atoms with Gasteiger partial charge in [-0.3, -0.25) is 0 Å². The van der Waals surface area contributed by atoms with E-state index in [1.54, 1.807) is 0 Å². The first-order valence-corrected chi connectivity index (χ1v) is 11.4. The van der Waals surface area contributed by atoms with E-state index in [4.69, 9.17) is 0 Å². The Morgan fingerprint density at radius 3 is 1.97 bits per heavy atom. The van der Waals surface area contributed by atoms with Crippen molar-refractivity contribution in [3.05, 3.63) is 89.5 Å². The van der Waals surface area contributed by atoms with Gasteiger partial charge >= 0.3 is 30.6 Å². The van der Waals surface area contributed by atoms with Crippen molar-refractivity contribution in [2.24, 2.45) is 5.92 Å². The van der Waals surface area contributed by atoms with Crippen LogP contribution < -0.4 is 24.8 Å². The molecule has 158 valence electrons. The first-order valence-electron chi connectivity index (χ1n) is 9.86. The summed E-state index contributed by atoms with van der Waals surface area (Å²) in [4.78, 5) is 0. The molecule has 1 atom stereocenters. The van der Waals surface area contributed by atoms with Crippen molar-refractivity contribution < 1.29 is 51.0 Å². The summed E-state index contributed by atoms with van der Waals surface area (Å²) < 4.78 is 15.2. The van der Waals surface area contributed by atoms with Gasteiger partial charge in [-0.15, -0.1) is 0 Å². The topological polar surface area (TPSA) is 20.3 Å². The second-order valence-electron chi connectivity index (χ2n) is 8.69. The van der Waals surface area contributed by atoms with Gasteiger partial charge in [-0.05, 0) is 59.7 Å². The monoisotopic (exact) mass is 503 g/mol. The first-order chi connectivity index (χ1) is 13.3. The summed E-state index contributed by atoms with van der Waals surface area (Å²) in [6.07, 6.45) is 4.46. The molecule has 1 unspecified atom stereocenters. The average molecular weight is 504 g/mol. The molecule has 0 heterocycles. The van der Waals surface area contributed by atoms with Crippen LogP contribution in [0.1, 0.15) is 43.0 Å². The van der Waals surface area contributed by atoms with E-state index in [0.717, 1.165) is 5.57 Å². The van der Waals surface area contributed by atoms with Crippen LogP contribution in [0.3, 0.4) is 0 Å². The zero-order chi connectivity index (χ0) is 20.1. The van der Waals surface area contributed by atoms with E-state index in [9.17, 15) is 4.46 Å². The quantitative estimate of drug-likeness (QED) is 0.541. The molecule has 0 N–H and O–H groups in total. The molecular weight excluding hydrogens is 477 g/mol. The average Bonchev–Trinajstić information content (AvgIpc) is 3.04. The van der Waals surface area contributed by atoms with Crippen molar-refractivity contribution >= 4 is 25.6 Å². The van der Waals surface area contributed by atoms with Gasteiger partial charge in [0.1, 0.15) is 0 Å². The molecule has 0 fully saturated rings. The van der Waals surface area contributed by atoms with Gasteiger partial charge < -0.3 is 33.8 Å². The van der Waals surface area contributed by atoms with Gasteiger partial charge in [0.15, 0.2) is 0 Å². The number of rotatable bonds is 3. The third kappa shape index (κ3) is 5.07. The summed E-state index contributed by atoms with van der Waals surface area (Å²) in [7, 11) is 0.0943. The molecule has 0 amide bonds. The second kappa shape index (κ2) is 10.6. The Bertz CT molecular complexity index is 1060. The number of benzene rings is 2. The maximum absolute atomic E-state index is 13.2.